The summed E-state index contributed by atoms with van der Waals surface area (Å²) >= 11 is 0. The van der Waals surface area contributed by atoms with E-state index in [-0.39, 0.29) is 12.1 Å². The van der Waals surface area contributed by atoms with Gasteiger partial charge in [0, 0.05) is 24.1 Å². The summed E-state index contributed by atoms with van der Waals surface area (Å²) in [7, 11) is 0. The molecule has 110 valence electrons. The zero-order chi connectivity index (χ0) is 14.5. The fourth-order valence-corrected chi connectivity index (χ4v) is 3.14. The molecular weight excluding hydrogens is 250 g/mol. The highest BCUT2D eigenvalue weighted by molar-refractivity contribution is 5.89. The Kier molecular flexibility index (Phi) is 4.99. The molecule has 3 atom stereocenters. The van der Waals surface area contributed by atoms with Crippen molar-refractivity contribution in [3.63, 3.8) is 0 Å². The first-order chi connectivity index (χ1) is 9.56. The predicted octanol–water partition coefficient (Wildman–Crippen LogP) is 3.66. The Morgan fingerprint density at radius 3 is 2.65 bits per heavy atom. The molecule has 2 amide bonds. The van der Waals surface area contributed by atoms with Crippen molar-refractivity contribution in [2.75, 3.05) is 5.32 Å². The van der Waals surface area contributed by atoms with Gasteiger partial charge in [-0.1, -0.05) is 27.2 Å². The number of anilines is 1. The van der Waals surface area contributed by atoms with Gasteiger partial charge in [-0.3, -0.25) is 4.98 Å². The molecule has 4 heteroatoms. The van der Waals surface area contributed by atoms with Crippen LogP contribution in [0.1, 0.15) is 40.0 Å². The zero-order valence-corrected chi connectivity index (χ0v) is 12.6. The lowest BCUT2D eigenvalue weighted by molar-refractivity contribution is 0.172. The van der Waals surface area contributed by atoms with Crippen molar-refractivity contribution in [3.8, 4) is 0 Å². The summed E-state index contributed by atoms with van der Waals surface area (Å²) in [5.41, 5.74) is 0.780. The smallest absolute Gasteiger partial charge is 0.319 e. The fourth-order valence-electron chi connectivity index (χ4n) is 3.14. The van der Waals surface area contributed by atoms with Gasteiger partial charge in [-0.05, 0) is 42.7 Å². The Bertz CT molecular complexity index is 433. The second kappa shape index (κ2) is 6.73. The van der Waals surface area contributed by atoms with Crippen LogP contribution in [-0.2, 0) is 0 Å². The number of aromatic nitrogens is 1. The number of hydrogen-bond acceptors (Lipinski definition) is 2. The third-order valence-corrected chi connectivity index (χ3v) is 4.28. The first-order valence-corrected chi connectivity index (χ1v) is 7.53. The molecule has 0 unspecified atom stereocenters. The lowest BCUT2D eigenvalue weighted by atomic mass is 9.74. The van der Waals surface area contributed by atoms with Gasteiger partial charge in [0.15, 0.2) is 0 Å². The molecule has 1 aliphatic carbocycles. The summed E-state index contributed by atoms with van der Waals surface area (Å²) in [5.74, 6) is 1.87. The molecular formula is C16H25N3O. The number of nitrogens with zero attached hydrogens (tertiary/aromatic N) is 1. The molecule has 0 radical (unpaired) electrons. The second-order valence-electron chi connectivity index (χ2n) is 6.27. The Labute approximate surface area is 121 Å². The minimum Gasteiger partial charge on any atom is -0.335 e. The third kappa shape index (κ3) is 3.95. The molecule has 4 nitrogen and oxygen atoms in total. The minimum atomic E-state index is -0.110. The topological polar surface area (TPSA) is 54.0 Å². The highest BCUT2D eigenvalue weighted by Crippen LogP contribution is 2.33. The lowest BCUT2D eigenvalue weighted by Crippen LogP contribution is -2.47. The number of nitrogens with one attached hydrogen (secondary N) is 2. The lowest BCUT2D eigenvalue weighted by Gasteiger charge is -2.37. The second-order valence-corrected chi connectivity index (χ2v) is 6.27. The summed E-state index contributed by atoms with van der Waals surface area (Å²) in [6, 6.07) is 3.76. The van der Waals surface area contributed by atoms with E-state index in [9.17, 15) is 4.79 Å². The van der Waals surface area contributed by atoms with E-state index in [1.54, 1.807) is 24.5 Å². The van der Waals surface area contributed by atoms with Crippen LogP contribution in [0, 0.1) is 17.8 Å². The van der Waals surface area contributed by atoms with Gasteiger partial charge >= 0.3 is 6.03 Å². The van der Waals surface area contributed by atoms with Crippen LogP contribution >= 0.6 is 0 Å². The Balaban J connectivity index is 1.94. The van der Waals surface area contributed by atoms with Crippen LogP contribution in [0.4, 0.5) is 10.5 Å². The van der Waals surface area contributed by atoms with E-state index in [4.69, 9.17) is 0 Å². The van der Waals surface area contributed by atoms with Crippen molar-refractivity contribution in [1.29, 1.82) is 0 Å². The van der Waals surface area contributed by atoms with Gasteiger partial charge in [-0.15, -0.1) is 0 Å². The molecule has 1 aromatic heterocycles. The molecule has 0 bridgehead atoms. The molecule has 2 N–H and O–H groups in total. The molecule has 0 aromatic carbocycles. The van der Waals surface area contributed by atoms with E-state index in [1.165, 1.54) is 12.8 Å². The van der Waals surface area contributed by atoms with Gasteiger partial charge < -0.3 is 10.6 Å². The van der Waals surface area contributed by atoms with Crippen LogP contribution in [0.2, 0.25) is 0 Å². The normalized spacial score (nSPS) is 26.3. The van der Waals surface area contributed by atoms with Crippen molar-refractivity contribution >= 4 is 11.7 Å². The van der Waals surface area contributed by atoms with E-state index in [2.05, 4.69) is 36.4 Å². The molecule has 0 aliphatic heterocycles. The highest BCUT2D eigenvalue weighted by atomic mass is 16.2. The summed E-state index contributed by atoms with van der Waals surface area (Å²) in [6.45, 7) is 6.76. The van der Waals surface area contributed by atoms with Crippen LogP contribution < -0.4 is 10.6 Å². The summed E-state index contributed by atoms with van der Waals surface area (Å²) in [5, 5.41) is 6.03. The van der Waals surface area contributed by atoms with Gasteiger partial charge in [0.05, 0.1) is 0 Å². The van der Waals surface area contributed by atoms with Gasteiger partial charge in [-0.2, -0.15) is 0 Å². The van der Waals surface area contributed by atoms with Crippen molar-refractivity contribution in [2.45, 2.75) is 46.1 Å². The van der Waals surface area contributed by atoms with Gasteiger partial charge in [-0.25, -0.2) is 4.79 Å². The number of amides is 2. The van der Waals surface area contributed by atoms with Gasteiger partial charge in [0.25, 0.3) is 0 Å². The Morgan fingerprint density at radius 2 is 2.00 bits per heavy atom. The molecule has 2 rings (SSSR count). The maximum absolute atomic E-state index is 12.1. The Morgan fingerprint density at radius 1 is 1.30 bits per heavy atom. The Hall–Kier alpha value is -1.58. The van der Waals surface area contributed by atoms with Crippen LogP contribution in [0.15, 0.2) is 24.5 Å². The fraction of sp³-hybridized carbons (Fsp3) is 0.625. The van der Waals surface area contributed by atoms with E-state index >= 15 is 0 Å². The standard InChI is InChI=1S/C16H25N3O/c1-11(2)14-5-4-12(3)10-15(14)19-16(20)18-13-6-8-17-9-7-13/h6-9,11-12,14-15H,4-5,10H2,1-3H3,(H2,17,18,19,20)/t12-,14+,15-/m1/s1. The van der Waals surface area contributed by atoms with E-state index in [0.29, 0.717) is 17.8 Å². The first-order valence-electron chi connectivity index (χ1n) is 7.53. The number of carbonyl (C=O) groups excluding carboxylic acids is 1. The molecule has 20 heavy (non-hydrogen) atoms. The maximum atomic E-state index is 12.1. The van der Waals surface area contributed by atoms with Crippen molar-refractivity contribution in [3.05, 3.63) is 24.5 Å². The average molecular weight is 275 g/mol. The molecule has 1 saturated carbocycles. The molecule has 1 aromatic rings. The van der Waals surface area contributed by atoms with Gasteiger partial charge in [0.1, 0.15) is 0 Å². The van der Waals surface area contributed by atoms with Crippen molar-refractivity contribution in [2.24, 2.45) is 17.8 Å². The number of rotatable bonds is 3. The summed E-state index contributed by atoms with van der Waals surface area (Å²) in [6.07, 6.45) is 6.91. The summed E-state index contributed by atoms with van der Waals surface area (Å²) < 4.78 is 0. The summed E-state index contributed by atoms with van der Waals surface area (Å²) in [4.78, 5) is 16.1. The minimum absolute atomic E-state index is 0.110. The molecule has 1 aliphatic rings. The van der Waals surface area contributed by atoms with Crippen LogP contribution in [-0.4, -0.2) is 17.1 Å². The van der Waals surface area contributed by atoms with Crippen molar-refractivity contribution < 1.29 is 4.79 Å². The first kappa shape index (κ1) is 14.8. The number of pyridine rings is 1. The molecule has 0 saturated heterocycles. The average Bonchev–Trinajstić information content (AvgIpc) is 2.39. The zero-order valence-electron chi connectivity index (χ0n) is 12.6. The van der Waals surface area contributed by atoms with E-state index in [0.717, 1.165) is 12.1 Å². The molecule has 1 heterocycles. The van der Waals surface area contributed by atoms with Crippen LogP contribution in [0.3, 0.4) is 0 Å². The van der Waals surface area contributed by atoms with Crippen LogP contribution in [0.5, 0.6) is 0 Å². The van der Waals surface area contributed by atoms with E-state index in [1.807, 2.05) is 0 Å². The highest BCUT2D eigenvalue weighted by Gasteiger charge is 2.31. The SMILES string of the molecule is CC(C)[C@@H]1CC[C@@H](C)C[C@H]1NC(=O)Nc1ccncc1. The van der Waals surface area contributed by atoms with Crippen molar-refractivity contribution in [1.82, 2.24) is 10.3 Å². The van der Waals surface area contributed by atoms with E-state index < -0.39 is 0 Å². The largest absolute Gasteiger partial charge is 0.335 e. The number of urea groups is 1. The molecule has 0 spiro atoms. The maximum Gasteiger partial charge on any atom is 0.319 e. The monoisotopic (exact) mass is 275 g/mol. The van der Waals surface area contributed by atoms with Crippen LogP contribution in [0.25, 0.3) is 0 Å². The third-order valence-electron chi connectivity index (χ3n) is 4.28. The predicted molar refractivity (Wildman–Crippen MR) is 81.5 cm³/mol. The number of carbonyl (C=O) groups is 1. The molecule has 1 fully saturated rings. The van der Waals surface area contributed by atoms with Gasteiger partial charge in [0.2, 0.25) is 0 Å². The quantitative estimate of drug-likeness (QED) is 0.884. The number of hydrogen-bond donors (Lipinski definition) is 2.